The number of hydrogen-bond donors (Lipinski definition) is 2. The van der Waals surface area contributed by atoms with Crippen molar-refractivity contribution in [2.24, 2.45) is 0 Å². The van der Waals surface area contributed by atoms with Gasteiger partial charge in [-0.05, 0) is 36.4 Å². The molecule has 9 heteroatoms. The van der Waals surface area contributed by atoms with Gasteiger partial charge in [-0.3, -0.25) is 9.71 Å². The molecule has 0 aliphatic carbocycles. The molecule has 3 aromatic rings. The number of carboxylic acid groups (broad SMARTS) is 1. The second-order valence-electron chi connectivity index (χ2n) is 5.69. The van der Waals surface area contributed by atoms with Crippen molar-refractivity contribution in [1.29, 1.82) is 0 Å². The molecule has 7 nitrogen and oxygen atoms in total. The predicted octanol–water partition coefficient (Wildman–Crippen LogP) is 3.81. The van der Waals surface area contributed by atoms with Crippen LogP contribution in [-0.2, 0) is 16.6 Å². The average molecular weight is 419 g/mol. The monoisotopic (exact) mass is 418 g/mol. The van der Waals surface area contributed by atoms with Gasteiger partial charge in [0, 0.05) is 17.3 Å². The third-order valence-electron chi connectivity index (χ3n) is 3.69. The molecule has 28 heavy (non-hydrogen) atoms. The molecule has 144 valence electrons. The summed E-state index contributed by atoms with van der Waals surface area (Å²) in [7, 11) is -3.80. The minimum Gasteiger partial charge on any atom is -0.485 e. The number of halogens is 1. The number of carbonyl (C=O) groups is 1. The van der Waals surface area contributed by atoms with Crippen LogP contribution >= 0.6 is 11.6 Å². The predicted molar refractivity (Wildman–Crippen MR) is 104 cm³/mol. The van der Waals surface area contributed by atoms with Crippen LogP contribution in [0.3, 0.4) is 0 Å². The molecule has 0 unspecified atom stereocenters. The van der Waals surface area contributed by atoms with E-state index in [1.54, 1.807) is 18.2 Å². The van der Waals surface area contributed by atoms with Gasteiger partial charge < -0.3 is 9.84 Å². The highest BCUT2D eigenvalue weighted by Gasteiger charge is 2.17. The zero-order chi connectivity index (χ0) is 20.1. The van der Waals surface area contributed by atoms with Crippen molar-refractivity contribution in [3.63, 3.8) is 0 Å². The topological polar surface area (TPSA) is 106 Å². The Morgan fingerprint density at radius 3 is 2.50 bits per heavy atom. The summed E-state index contributed by atoms with van der Waals surface area (Å²) < 4.78 is 33.2. The first kappa shape index (κ1) is 19.7. The van der Waals surface area contributed by atoms with Gasteiger partial charge in [0.25, 0.3) is 10.0 Å². The quantitative estimate of drug-likeness (QED) is 0.604. The number of carboxylic acids is 1. The van der Waals surface area contributed by atoms with E-state index < -0.39 is 16.0 Å². The normalized spacial score (nSPS) is 11.0. The number of sulfonamides is 1. The van der Waals surface area contributed by atoms with Gasteiger partial charge >= 0.3 is 5.97 Å². The number of benzene rings is 2. The summed E-state index contributed by atoms with van der Waals surface area (Å²) in [4.78, 5) is 15.0. The molecule has 0 bridgehead atoms. The van der Waals surface area contributed by atoms with Crippen molar-refractivity contribution < 1.29 is 23.1 Å². The van der Waals surface area contributed by atoms with Crippen molar-refractivity contribution in [2.45, 2.75) is 11.5 Å². The van der Waals surface area contributed by atoms with Crippen LogP contribution in [0, 0.1) is 0 Å². The number of aromatic carboxylic acids is 1. The van der Waals surface area contributed by atoms with Crippen LogP contribution in [0.4, 0.5) is 5.69 Å². The van der Waals surface area contributed by atoms with E-state index in [2.05, 4.69) is 9.71 Å². The summed E-state index contributed by atoms with van der Waals surface area (Å²) in [5.74, 6) is -0.858. The smallest absolute Gasteiger partial charge is 0.337 e. The van der Waals surface area contributed by atoms with Crippen LogP contribution in [0.25, 0.3) is 0 Å². The van der Waals surface area contributed by atoms with Crippen molar-refractivity contribution in [3.8, 4) is 5.75 Å². The van der Waals surface area contributed by atoms with Crippen molar-refractivity contribution in [1.82, 2.24) is 4.98 Å². The van der Waals surface area contributed by atoms with Crippen LogP contribution in [-0.4, -0.2) is 24.5 Å². The highest BCUT2D eigenvalue weighted by Crippen LogP contribution is 2.30. The first-order chi connectivity index (χ1) is 13.3. The fourth-order valence-corrected chi connectivity index (χ4v) is 3.54. The van der Waals surface area contributed by atoms with E-state index in [1.807, 2.05) is 0 Å². The molecular weight excluding hydrogens is 404 g/mol. The minimum absolute atomic E-state index is 0.000303. The minimum atomic E-state index is -3.80. The number of hydrogen-bond acceptors (Lipinski definition) is 5. The van der Waals surface area contributed by atoms with Gasteiger partial charge in [0.05, 0.1) is 21.8 Å². The second kappa shape index (κ2) is 8.28. The summed E-state index contributed by atoms with van der Waals surface area (Å²) >= 11 is 6.00. The van der Waals surface area contributed by atoms with E-state index in [0.29, 0.717) is 10.7 Å². The molecule has 0 spiro atoms. The molecule has 2 N–H and O–H groups in total. The molecule has 0 atom stereocenters. The van der Waals surface area contributed by atoms with E-state index >= 15 is 0 Å². The molecule has 0 saturated carbocycles. The summed E-state index contributed by atoms with van der Waals surface area (Å²) in [6.07, 6.45) is 1.22. The molecule has 0 fully saturated rings. The fourth-order valence-electron chi connectivity index (χ4n) is 2.29. The summed E-state index contributed by atoms with van der Waals surface area (Å²) in [5, 5.41) is 9.27. The largest absolute Gasteiger partial charge is 0.485 e. The standard InChI is InChI=1S/C19H15ClN2O5S/c20-14-7-9-17(22-28(25,26)16-4-2-1-3-5-16)18(10-14)27-12-15-8-6-13(11-21-15)19(23)24/h1-11,22H,12H2,(H,23,24). The average Bonchev–Trinajstić information content (AvgIpc) is 2.69. The van der Waals surface area contributed by atoms with Crippen LogP contribution in [0.15, 0.2) is 71.8 Å². The second-order valence-corrected chi connectivity index (χ2v) is 7.81. The Labute approximate surface area is 166 Å². The van der Waals surface area contributed by atoms with Gasteiger partial charge in [0.1, 0.15) is 12.4 Å². The van der Waals surface area contributed by atoms with Crippen molar-refractivity contribution >= 4 is 33.3 Å². The number of aromatic nitrogens is 1. The maximum atomic E-state index is 12.5. The van der Waals surface area contributed by atoms with E-state index in [-0.39, 0.29) is 28.5 Å². The highest BCUT2D eigenvalue weighted by molar-refractivity contribution is 7.92. The van der Waals surface area contributed by atoms with Crippen molar-refractivity contribution in [3.05, 3.63) is 83.1 Å². The zero-order valence-corrected chi connectivity index (χ0v) is 15.9. The lowest BCUT2D eigenvalue weighted by Crippen LogP contribution is -2.14. The first-order valence-electron chi connectivity index (χ1n) is 8.03. The van der Waals surface area contributed by atoms with Gasteiger partial charge in [-0.25, -0.2) is 13.2 Å². The lowest BCUT2D eigenvalue weighted by Gasteiger charge is -2.14. The number of nitrogens with zero attached hydrogens (tertiary/aromatic N) is 1. The fraction of sp³-hybridized carbons (Fsp3) is 0.0526. The highest BCUT2D eigenvalue weighted by atomic mass is 35.5. The van der Waals surface area contributed by atoms with Gasteiger partial charge in [-0.15, -0.1) is 0 Å². The van der Waals surface area contributed by atoms with Crippen LogP contribution in [0.5, 0.6) is 5.75 Å². The Kier molecular flexibility index (Phi) is 5.81. The van der Waals surface area contributed by atoms with Gasteiger partial charge in [-0.2, -0.15) is 0 Å². The van der Waals surface area contributed by atoms with E-state index in [0.717, 1.165) is 0 Å². The van der Waals surface area contributed by atoms with Gasteiger partial charge in [0.2, 0.25) is 0 Å². The molecule has 0 aliphatic rings. The molecule has 0 saturated heterocycles. The Bertz CT molecular complexity index is 1090. The van der Waals surface area contributed by atoms with E-state index in [1.165, 1.54) is 48.7 Å². The van der Waals surface area contributed by atoms with Crippen LogP contribution in [0.1, 0.15) is 16.1 Å². The summed E-state index contributed by atoms with van der Waals surface area (Å²) in [6.45, 7) is 0.000303. The van der Waals surface area contributed by atoms with Gasteiger partial charge in [0.15, 0.2) is 0 Å². The third-order valence-corrected chi connectivity index (χ3v) is 5.31. The molecule has 0 aliphatic heterocycles. The van der Waals surface area contributed by atoms with Crippen LogP contribution in [0.2, 0.25) is 5.02 Å². The molecule has 0 amide bonds. The Hall–Kier alpha value is -3.10. The molecule has 2 aromatic carbocycles. The number of anilines is 1. The van der Waals surface area contributed by atoms with E-state index in [4.69, 9.17) is 21.4 Å². The first-order valence-corrected chi connectivity index (χ1v) is 9.90. The maximum absolute atomic E-state index is 12.5. The number of pyridine rings is 1. The number of rotatable bonds is 7. The lowest BCUT2D eigenvalue weighted by atomic mass is 10.2. The maximum Gasteiger partial charge on any atom is 0.337 e. The Morgan fingerprint density at radius 1 is 1.11 bits per heavy atom. The Morgan fingerprint density at radius 2 is 1.86 bits per heavy atom. The number of ether oxygens (including phenoxy) is 1. The molecular formula is C19H15ClN2O5S. The summed E-state index contributed by atoms with van der Waals surface area (Å²) in [5.41, 5.74) is 0.750. The third kappa shape index (κ3) is 4.79. The van der Waals surface area contributed by atoms with Crippen LogP contribution < -0.4 is 9.46 Å². The zero-order valence-electron chi connectivity index (χ0n) is 14.4. The van der Waals surface area contributed by atoms with E-state index in [9.17, 15) is 13.2 Å². The molecule has 0 radical (unpaired) electrons. The lowest BCUT2D eigenvalue weighted by molar-refractivity contribution is 0.0696. The molecule has 1 aromatic heterocycles. The Balaban J connectivity index is 1.80. The number of nitrogens with one attached hydrogen (secondary N) is 1. The molecule has 3 rings (SSSR count). The molecule has 1 heterocycles. The summed E-state index contributed by atoms with van der Waals surface area (Å²) in [6, 6.07) is 15.4. The van der Waals surface area contributed by atoms with Gasteiger partial charge in [-0.1, -0.05) is 29.8 Å². The SMILES string of the molecule is O=C(O)c1ccc(COc2cc(Cl)ccc2NS(=O)(=O)c2ccccc2)nc1. The van der Waals surface area contributed by atoms with Crippen molar-refractivity contribution in [2.75, 3.05) is 4.72 Å².